The molecule has 8 N–H and O–H groups in total. The minimum atomic E-state index is 0. The average Bonchev–Trinajstić information content (AvgIpc) is 3.24. The van der Waals surface area contributed by atoms with E-state index in [1.54, 1.807) is 22.7 Å². The lowest BCUT2D eigenvalue weighted by atomic mass is 9.98. The first-order valence-electron chi connectivity index (χ1n) is 10.5. The molecule has 0 aliphatic heterocycles. The number of aryl methyl sites for hydroxylation is 2. The molecular weight excluding hydrogens is 475 g/mol. The zero-order valence-electron chi connectivity index (χ0n) is 18.4. The van der Waals surface area contributed by atoms with E-state index in [1.807, 2.05) is 0 Å². The van der Waals surface area contributed by atoms with E-state index in [0.29, 0.717) is 12.1 Å². The molecule has 0 saturated heterocycles. The van der Waals surface area contributed by atoms with Crippen molar-refractivity contribution in [2.45, 2.75) is 77.3 Å². The largest absolute Gasteiger partial charge is 0.412 e. The average molecular weight is 514 g/mol. The third kappa shape index (κ3) is 9.00. The van der Waals surface area contributed by atoms with Crippen LogP contribution in [-0.4, -0.2) is 40.6 Å². The summed E-state index contributed by atoms with van der Waals surface area (Å²) in [6.07, 6.45) is 9.22. The van der Waals surface area contributed by atoms with Crippen LogP contribution in [-0.2, 0) is 25.7 Å². The van der Waals surface area contributed by atoms with E-state index in [2.05, 4.69) is 34.4 Å². The number of nitrogens with zero attached hydrogens (tertiary/aromatic N) is 2. The highest BCUT2D eigenvalue weighted by Gasteiger charge is 2.22. The lowest BCUT2D eigenvalue weighted by molar-refractivity contribution is 0.460. The molecule has 4 rings (SSSR count). The van der Waals surface area contributed by atoms with Gasteiger partial charge in [-0.3, -0.25) is 0 Å². The van der Waals surface area contributed by atoms with Gasteiger partial charge in [-0.25, -0.2) is 9.97 Å². The molecule has 2 aromatic rings. The van der Waals surface area contributed by atoms with Crippen LogP contribution in [0.2, 0.25) is 0 Å². The molecule has 31 heavy (non-hydrogen) atoms. The van der Waals surface area contributed by atoms with E-state index in [4.69, 9.17) is 11.5 Å². The number of anilines is 2. The van der Waals surface area contributed by atoms with E-state index >= 15 is 0 Å². The van der Waals surface area contributed by atoms with Crippen molar-refractivity contribution in [2.75, 3.05) is 24.6 Å². The number of hydrogen-bond donors (Lipinski definition) is 4. The second-order valence-electron chi connectivity index (χ2n) is 7.63. The first kappa shape index (κ1) is 30.3. The van der Waals surface area contributed by atoms with Crippen molar-refractivity contribution in [2.24, 2.45) is 0 Å². The standard InChI is InChI=1S/2C10H17N3S.2ClH.H2O/c2*1-2-5-12-7-3-4-8-9(6-7)14-10(11)13-8;;;/h2*7,12H,2-6H2,1H3,(H2,11,13);2*1H;1H2/t2*7-;;;/m00.../s1. The molecule has 2 atom stereocenters. The monoisotopic (exact) mass is 512 g/mol. The van der Waals surface area contributed by atoms with Crippen LogP contribution in [0.15, 0.2) is 0 Å². The zero-order valence-corrected chi connectivity index (χ0v) is 21.7. The van der Waals surface area contributed by atoms with Crippen molar-refractivity contribution in [3.8, 4) is 0 Å². The molecule has 0 aromatic carbocycles. The fourth-order valence-corrected chi connectivity index (χ4v) is 5.75. The summed E-state index contributed by atoms with van der Waals surface area (Å²) in [6, 6.07) is 1.28. The number of nitrogens with two attached hydrogens (primary N) is 2. The molecule has 0 amide bonds. The number of halogens is 2. The molecule has 11 heteroatoms. The number of hydrogen-bond acceptors (Lipinski definition) is 8. The van der Waals surface area contributed by atoms with Crippen LogP contribution >= 0.6 is 47.5 Å². The second-order valence-corrected chi connectivity index (χ2v) is 9.86. The van der Waals surface area contributed by atoms with E-state index < -0.39 is 0 Å². The van der Waals surface area contributed by atoms with Crippen LogP contribution in [0.1, 0.15) is 60.7 Å². The van der Waals surface area contributed by atoms with E-state index in [0.717, 1.165) is 49.0 Å². The van der Waals surface area contributed by atoms with Gasteiger partial charge in [0.05, 0.1) is 11.4 Å². The summed E-state index contributed by atoms with van der Waals surface area (Å²) in [5, 5.41) is 8.57. The van der Waals surface area contributed by atoms with Crippen molar-refractivity contribution in [3.63, 3.8) is 0 Å². The molecule has 0 spiro atoms. The van der Waals surface area contributed by atoms with Gasteiger partial charge in [0, 0.05) is 21.8 Å². The highest BCUT2D eigenvalue weighted by atomic mass is 35.5. The van der Waals surface area contributed by atoms with Crippen LogP contribution in [0.5, 0.6) is 0 Å². The number of thiazole rings is 2. The first-order valence-corrected chi connectivity index (χ1v) is 12.2. The van der Waals surface area contributed by atoms with Crippen molar-refractivity contribution < 1.29 is 5.48 Å². The van der Waals surface area contributed by atoms with Crippen LogP contribution in [0.25, 0.3) is 0 Å². The molecule has 2 aliphatic rings. The molecule has 0 saturated carbocycles. The van der Waals surface area contributed by atoms with Crippen molar-refractivity contribution >= 4 is 57.8 Å². The number of rotatable bonds is 6. The van der Waals surface area contributed by atoms with Crippen LogP contribution in [0.3, 0.4) is 0 Å². The van der Waals surface area contributed by atoms with Crippen LogP contribution < -0.4 is 22.1 Å². The Bertz CT molecular complexity index is 696. The van der Waals surface area contributed by atoms with Gasteiger partial charge in [-0.05, 0) is 64.5 Å². The summed E-state index contributed by atoms with van der Waals surface area (Å²) in [5.74, 6) is 0. The first-order chi connectivity index (χ1) is 13.6. The number of aromatic nitrogens is 2. The summed E-state index contributed by atoms with van der Waals surface area (Å²) in [4.78, 5) is 11.5. The Kier molecular flexibility index (Phi) is 14.9. The highest BCUT2D eigenvalue weighted by molar-refractivity contribution is 7.15. The van der Waals surface area contributed by atoms with Crippen molar-refractivity contribution in [1.82, 2.24) is 20.6 Å². The van der Waals surface area contributed by atoms with Gasteiger partial charge in [0.1, 0.15) is 0 Å². The fourth-order valence-electron chi connectivity index (χ4n) is 3.84. The normalized spacial score (nSPS) is 18.8. The maximum atomic E-state index is 5.69. The van der Waals surface area contributed by atoms with Gasteiger partial charge in [0.25, 0.3) is 0 Å². The topological polar surface area (TPSA) is 133 Å². The summed E-state index contributed by atoms with van der Waals surface area (Å²) in [7, 11) is 0. The Morgan fingerprint density at radius 2 is 1.19 bits per heavy atom. The van der Waals surface area contributed by atoms with Crippen molar-refractivity contribution in [3.05, 3.63) is 21.1 Å². The lowest BCUT2D eigenvalue weighted by Gasteiger charge is -2.21. The molecule has 2 aliphatic carbocycles. The van der Waals surface area contributed by atoms with Gasteiger partial charge in [-0.1, -0.05) is 13.8 Å². The highest BCUT2D eigenvalue weighted by Crippen LogP contribution is 2.28. The zero-order chi connectivity index (χ0) is 19.9. The SMILES string of the molecule is CCCN[C@H]1CCc2nc(N)sc2C1.CCCN[C@H]1CCc2nc(N)sc2C1.Cl.Cl.O. The Morgan fingerprint density at radius 1 is 0.806 bits per heavy atom. The third-order valence-electron chi connectivity index (χ3n) is 5.28. The summed E-state index contributed by atoms with van der Waals surface area (Å²) >= 11 is 3.31. The van der Waals surface area contributed by atoms with E-state index in [1.165, 1.54) is 46.8 Å². The Morgan fingerprint density at radius 3 is 1.55 bits per heavy atom. The Hall–Kier alpha value is -0.680. The molecule has 0 bridgehead atoms. The Labute approximate surface area is 206 Å². The van der Waals surface area contributed by atoms with Crippen molar-refractivity contribution in [1.29, 1.82) is 0 Å². The molecular formula is C20H38Cl2N6OS2. The molecule has 0 unspecified atom stereocenters. The molecule has 2 aromatic heterocycles. The second kappa shape index (κ2) is 15.2. The molecule has 2 heterocycles. The maximum Gasteiger partial charge on any atom is 0.180 e. The van der Waals surface area contributed by atoms with Gasteiger partial charge in [0.15, 0.2) is 10.3 Å². The van der Waals surface area contributed by atoms with Crippen LogP contribution in [0.4, 0.5) is 10.3 Å². The van der Waals surface area contributed by atoms with Gasteiger partial charge in [-0.2, -0.15) is 0 Å². The minimum absolute atomic E-state index is 0. The van der Waals surface area contributed by atoms with Gasteiger partial charge in [0.2, 0.25) is 0 Å². The van der Waals surface area contributed by atoms with Gasteiger partial charge in [-0.15, -0.1) is 47.5 Å². The lowest BCUT2D eigenvalue weighted by Crippen LogP contribution is -2.34. The van der Waals surface area contributed by atoms with E-state index in [9.17, 15) is 0 Å². The molecule has 0 fully saturated rings. The summed E-state index contributed by atoms with van der Waals surface area (Å²) in [6.45, 7) is 6.64. The fraction of sp³-hybridized carbons (Fsp3) is 0.700. The van der Waals surface area contributed by atoms with Crippen LogP contribution in [0, 0.1) is 0 Å². The summed E-state index contributed by atoms with van der Waals surface area (Å²) in [5.41, 5.74) is 13.9. The smallest absolute Gasteiger partial charge is 0.180 e. The Balaban J connectivity index is 0.000000529. The predicted molar refractivity (Wildman–Crippen MR) is 139 cm³/mol. The third-order valence-corrected chi connectivity index (χ3v) is 7.18. The van der Waals surface area contributed by atoms with E-state index in [-0.39, 0.29) is 30.3 Å². The molecule has 0 radical (unpaired) electrons. The minimum Gasteiger partial charge on any atom is -0.412 e. The van der Waals surface area contributed by atoms with Gasteiger partial charge < -0.3 is 27.6 Å². The molecule has 180 valence electrons. The number of nitrogens with one attached hydrogen (secondary N) is 2. The predicted octanol–water partition coefficient (Wildman–Crippen LogP) is 3.18. The van der Waals surface area contributed by atoms with Gasteiger partial charge >= 0.3 is 0 Å². The quantitative estimate of drug-likeness (QED) is 0.469. The number of fused-ring (bicyclic) bond motifs is 2. The maximum absolute atomic E-state index is 5.69. The molecule has 7 nitrogen and oxygen atoms in total. The summed E-state index contributed by atoms with van der Waals surface area (Å²) < 4.78 is 0. The number of nitrogen functional groups attached to an aromatic ring is 2.